The van der Waals surface area contributed by atoms with Gasteiger partial charge in [0, 0.05) is 16.1 Å². The lowest BCUT2D eigenvalue weighted by molar-refractivity contribution is 1.11. The molecule has 1 heterocycles. The van der Waals surface area contributed by atoms with E-state index >= 15 is 0 Å². The molecule has 1 aliphatic rings. The minimum absolute atomic E-state index is 0.188. The first kappa shape index (κ1) is 11.1. The number of benzene rings is 1. The predicted molar refractivity (Wildman–Crippen MR) is 74.7 cm³/mol. The Morgan fingerprint density at radius 1 is 1.33 bits per heavy atom. The van der Waals surface area contributed by atoms with E-state index in [0.717, 1.165) is 21.4 Å². The van der Waals surface area contributed by atoms with E-state index in [2.05, 4.69) is 32.0 Å². The van der Waals surface area contributed by atoms with Crippen LogP contribution in [0.2, 0.25) is 0 Å². The fourth-order valence-electron chi connectivity index (χ4n) is 1.80. The Morgan fingerprint density at radius 2 is 2.22 bits per heavy atom. The summed E-state index contributed by atoms with van der Waals surface area (Å²) in [5.41, 5.74) is 2.47. The molecule has 0 aliphatic heterocycles. The van der Waals surface area contributed by atoms with Crippen molar-refractivity contribution in [2.45, 2.75) is 0 Å². The van der Waals surface area contributed by atoms with Crippen LogP contribution in [0.5, 0.6) is 0 Å². The van der Waals surface area contributed by atoms with Crippen LogP contribution in [0.3, 0.4) is 0 Å². The molecule has 0 saturated heterocycles. The van der Waals surface area contributed by atoms with Crippen molar-refractivity contribution in [1.82, 2.24) is 9.97 Å². The SMILES string of the molecule is O=c1[nH]c2c(nc1-c1cccc(Br)c1)C=[C+]C=C2. The summed E-state index contributed by atoms with van der Waals surface area (Å²) in [5, 5.41) is 0. The summed E-state index contributed by atoms with van der Waals surface area (Å²) in [4.78, 5) is 19.2. The minimum atomic E-state index is -0.188. The third-order valence-corrected chi connectivity index (χ3v) is 3.13. The number of aromatic nitrogens is 2. The highest BCUT2D eigenvalue weighted by atomic mass is 79.9. The highest BCUT2D eigenvalue weighted by molar-refractivity contribution is 9.10. The number of nitrogens with one attached hydrogen (secondary N) is 1. The number of rotatable bonds is 1. The molecule has 1 N–H and O–H groups in total. The molecule has 18 heavy (non-hydrogen) atoms. The molecule has 4 heteroatoms. The van der Waals surface area contributed by atoms with Crippen LogP contribution in [-0.4, -0.2) is 9.97 Å². The zero-order valence-corrected chi connectivity index (χ0v) is 10.9. The molecular weight excluding hydrogens is 292 g/mol. The third-order valence-electron chi connectivity index (χ3n) is 2.64. The van der Waals surface area contributed by atoms with Crippen molar-refractivity contribution in [2.24, 2.45) is 0 Å². The molecule has 1 aliphatic carbocycles. The molecule has 0 unspecified atom stereocenters. The number of halogens is 1. The Hall–Kier alpha value is -2.03. The highest BCUT2D eigenvalue weighted by Crippen LogP contribution is 2.20. The second-order valence-electron chi connectivity index (χ2n) is 3.87. The molecule has 86 valence electrons. The number of nitrogens with zero attached hydrogens (tertiary/aromatic N) is 1. The van der Waals surface area contributed by atoms with E-state index in [1.165, 1.54) is 0 Å². The molecule has 2 aromatic rings. The number of H-pyrrole nitrogens is 1. The van der Waals surface area contributed by atoms with Crippen molar-refractivity contribution < 1.29 is 0 Å². The quantitative estimate of drug-likeness (QED) is 0.823. The predicted octanol–water partition coefficient (Wildman–Crippen LogP) is 3.04. The molecular formula is C14H8BrN2O+. The molecule has 0 radical (unpaired) electrons. The van der Waals surface area contributed by atoms with Crippen LogP contribution < -0.4 is 5.56 Å². The second-order valence-corrected chi connectivity index (χ2v) is 4.78. The van der Waals surface area contributed by atoms with Crippen LogP contribution in [0.4, 0.5) is 0 Å². The first-order chi connectivity index (χ1) is 8.74. The molecule has 3 nitrogen and oxygen atoms in total. The molecule has 0 amide bonds. The van der Waals surface area contributed by atoms with Crippen molar-refractivity contribution in [1.29, 1.82) is 0 Å². The lowest BCUT2D eigenvalue weighted by Crippen LogP contribution is -2.15. The van der Waals surface area contributed by atoms with E-state index in [1.807, 2.05) is 24.3 Å². The second kappa shape index (κ2) is 4.33. The maximum absolute atomic E-state index is 12.0. The summed E-state index contributed by atoms with van der Waals surface area (Å²) in [5.74, 6) is 0. The van der Waals surface area contributed by atoms with Crippen molar-refractivity contribution >= 4 is 28.1 Å². The van der Waals surface area contributed by atoms with Crippen LogP contribution in [0, 0.1) is 6.08 Å². The van der Waals surface area contributed by atoms with Gasteiger partial charge < -0.3 is 0 Å². The van der Waals surface area contributed by atoms with E-state index in [1.54, 1.807) is 18.2 Å². The maximum Gasteiger partial charge on any atom is 0.278 e. The molecule has 0 bridgehead atoms. The number of hydrogen-bond donors (Lipinski definition) is 1. The summed E-state index contributed by atoms with van der Waals surface area (Å²) >= 11 is 3.39. The van der Waals surface area contributed by atoms with Crippen molar-refractivity contribution in [3.8, 4) is 11.3 Å². The van der Waals surface area contributed by atoms with Gasteiger partial charge >= 0.3 is 0 Å². The Labute approximate surface area is 112 Å². The average Bonchev–Trinajstić information content (AvgIpc) is 2.38. The molecule has 0 saturated carbocycles. The summed E-state index contributed by atoms with van der Waals surface area (Å²) in [6, 6.07) is 7.52. The number of allylic oxidation sites excluding steroid dienone is 2. The Bertz CT molecular complexity index is 729. The Morgan fingerprint density at radius 3 is 3.06 bits per heavy atom. The van der Waals surface area contributed by atoms with E-state index < -0.39 is 0 Å². The van der Waals surface area contributed by atoms with E-state index in [4.69, 9.17) is 0 Å². The van der Waals surface area contributed by atoms with Crippen LogP contribution in [0.25, 0.3) is 23.4 Å². The van der Waals surface area contributed by atoms with E-state index in [-0.39, 0.29) is 5.56 Å². The number of fused-ring (bicyclic) bond motifs is 1. The van der Waals surface area contributed by atoms with Gasteiger partial charge in [0.2, 0.25) is 5.69 Å². The number of hydrogen-bond acceptors (Lipinski definition) is 2. The van der Waals surface area contributed by atoms with Gasteiger partial charge in [-0.05, 0) is 12.1 Å². The number of aromatic amines is 1. The standard InChI is InChI=1S/C14H7BrN2O/c15-10-5-3-4-9(8-10)13-14(18)17-12-7-2-1-6-11(12)16-13/h2-8H/p+1. The van der Waals surface area contributed by atoms with Gasteiger partial charge in [-0.3, -0.25) is 9.78 Å². The van der Waals surface area contributed by atoms with Crippen LogP contribution >= 0.6 is 15.9 Å². The maximum atomic E-state index is 12.0. The van der Waals surface area contributed by atoms with Gasteiger partial charge in [-0.15, -0.1) is 0 Å². The largest absolute Gasteiger partial charge is 0.296 e. The zero-order chi connectivity index (χ0) is 12.5. The summed E-state index contributed by atoms with van der Waals surface area (Å²) in [6.45, 7) is 0. The monoisotopic (exact) mass is 299 g/mol. The van der Waals surface area contributed by atoms with Gasteiger partial charge in [0.05, 0.1) is 6.08 Å². The van der Waals surface area contributed by atoms with E-state index in [9.17, 15) is 4.79 Å². The third kappa shape index (κ3) is 1.92. The molecule has 3 rings (SSSR count). The minimum Gasteiger partial charge on any atom is -0.296 e. The summed E-state index contributed by atoms with van der Waals surface area (Å²) in [6.07, 6.45) is 8.24. The normalized spacial score (nSPS) is 12.1. The van der Waals surface area contributed by atoms with Crippen LogP contribution in [-0.2, 0) is 0 Å². The molecule has 0 atom stereocenters. The van der Waals surface area contributed by atoms with Gasteiger partial charge in [-0.1, -0.05) is 28.1 Å². The fraction of sp³-hybridized carbons (Fsp3) is 0. The van der Waals surface area contributed by atoms with Crippen LogP contribution in [0.1, 0.15) is 11.4 Å². The van der Waals surface area contributed by atoms with Crippen molar-refractivity contribution in [3.05, 3.63) is 62.6 Å². The summed E-state index contributed by atoms with van der Waals surface area (Å²) < 4.78 is 0.918. The first-order valence-electron chi connectivity index (χ1n) is 5.40. The highest BCUT2D eigenvalue weighted by Gasteiger charge is 2.16. The van der Waals surface area contributed by atoms with Gasteiger partial charge in [-0.25, -0.2) is 0 Å². The zero-order valence-electron chi connectivity index (χ0n) is 9.27. The molecule has 1 aromatic carbocycles. The Kier molecular flexibility index (Phi) is 2.67. The molecule has 0 spiro atoms. The van der Waals surface area contributed by atoms with Crippen molar-refractivity contribution in [2.75, 3.05) is 0 Å². The average molecular weight is 300 g/mol. The molecule has 1 aromatic heterocycles. The van der Waals surface area contributed by atoms with Gasteiger partial charge in [0.25, 0.3) is 5.56 Å². The fourth-order valence-corrected chi connectivity index (χ4v) is 2.20. The first-order valence-corrected chi connectivity index (χ1v) is 6.19. The van der Waals surface area contributed by atoms with Crippen LogP contribution in [0.15, 0.2) is 39.6 Å². The van der Waals surface area contributed by atoms with Gasteiger partial charge in [-0.2, -0.15) is 4.98 Å². The molecule has 0 fully saturated rings. The lowest BCUT2D eigenvalue weighted by atomic mass is 10.1. The summed E-state index contributed by atoms with van der Waals surface area (Å²) in [7, 11) is 0. The van der Waals surface area contributed by atoms with E-state index in [0.29, 0.717) is 5.69 Å². The smallest absolute Gasteiger partial charge is 0.278 e. The van der Waals surface area contributed by atoms with Crippen molar-refractivity contribution in [3.63, 3.8) is 0 Å². The van der Waals surface area contributed by atoms with Gasteiger partial charge in [0.1, 0.15) is 12.2 Å². The topological polar surface area (TPSA) is 45.8 Å². The lowest BCUT2D eigenvalue weighted by Gasteiger charge is -2.02. The van der Waals surface area contributed by atoms with Gasteiger partial charge in [0.15, 0.2) is 11.4 Å². The Balaban J connectivity index is 2.22.